The number of ether oxygens (including phenoxy) is 2. The molecule has 7 nitrogen and oxygen atoms in total. The van der Waals surface area contributed by atoms with E-state index in [9.17, 15) is 9.59 Å². The maximum Gasteiger partial charge on any atom is 0.413 e. The van der Waals surface area contributed by atoms with Crippen molar-refractivity contribution in [2.24, 2.45) is 0 Å². The number of hydrogen-bond donors (Lipinski definition) is 2. The first-order chi connectivity index (χ1) is 10.2. The molecule has 2 N–H and O–H groups in total. The normalized spacial score (nSPS) is 12.9. The van der Waals surface area contributed by atoms with E-state index in [4.69, 9.17) is 4.74 Å². The number of hydrogen-bond acceptors (Lipinski definition) is 6. The van der Waals surface area contributed by atoms with Crippen molar-refractivity contribution >= 4 is 34.2 Å². The first-order valence-electron chi connectivity index (χ1n) is 6.03. The average molecular weight is 305 g/mol. The Morgan fingerprint density at radius 1 is 1.52 bits per heavy atom. The highest BCUT2D eigenvalue weighted by Gasteiger charge is 2.17. The first kappa shape index (κ1) is 13.4. The van der Waals surface area contributed by atoms with Gasteiger partial charge in [-0.1, -0.05) is 0 Å². The number of nitrogens with one attached hydrogen (secondary N) is 2. The van der Waals surface area contributed by atoms with Gasteiger partial charge in [-0.15, -0.1) is 11.3 Å². The average Bonchev–Trinajstić information content (AvgIpc) is 2.94. The number of amides is 2. The fraction of sp³-hybridized carbons (Fsp3) is 0.154. The summed E-state index contributed by atoms with van der Waals surface area (Å²) >= 11 is 1.28. The molecule has 2 heterocycles. The van der Waals surface area contributed by atoms with Crippen LogP contribution in [0.2, 0.25) is 0 Å². The number of anilines is 2. The number of carbonyl (C=O) groups is 2. The van der Waals surface area contributed by atoms with Crippen LogP contribution in [0.1, 0.15) is 0 Å². The molecule has 108 valence electrons. The molecule has 0 unspecified atom stereocenters. The summed E-state index contributed by atoms with van der Waals surface area (Å²) in [6, 6.07) is 5.40. The van der Waals surface area contributed by atoms with Gasteiger partial charge in [-0.2, -0.15) is 0 Å². The number of methoxy groups -OCH3 is 1. The largest absolute Gasteiger partial charge is 0.482 e. The van der Waals surface area contributed by atoms with Crippen LogP contribution in [-0.2, 0) is 9.53 Å². The minimum Gasteiger partial charge on any atom is -0.482 e. The molecule has 1 aromatic heterocycles. The summed E-state index contributed by atoms with van der Waals surface area (Å²) in [5.74, 6) is 0.437. The lowest BCUT2D eigenvalue weighted by molar-refractivity contribution is -0.118. The Bertz CT molecular complexity index is 713. The van der Waals surface area contributed by atoms with E-state index in [-0.39, 0.29) is 12.5 Å². The topological polar surface area (TPSA) is 89.5 Å². The van der Waals surface area contributed by atoms with Gasteiger partial charge >= 0.3 is 6.09 Å². The van der Waals surface area contributed by atoms with Gasteiger partial charge in [0, 0.05) is 10.9 Å². The second kappa shape index (κ2) is 5.41. The summed E-state index contributed by atoms with van der Waals surface area (Å²) in [6.45, 7) is 0.0241. The van der Waals surface area contributed by atoms with Crippen molar-refractivity contribution in [3.05, 3.63) is 23.6 Å². The number of fused-ring (bicyclic) bond motifs is 1. The molecule has 2 aromatic rings. The zero-order valence-corrected chi connectivity index (χ0v) is 11.8. The van der Waals surface area contributed by atoms with E-state index in [0.717, 1.165) is 5.56 Å². The fourth-order valence-electron chi connectivity index (χ4n) is 1.84. The van der Waals surface area contributed by atoms with E-state index >= 15 is 0 Å². The predicted octanol–water partition coefficient (Wildman–Crippen LogP) is 2.32. The van der Waals surface area contributed by atoms with Crippen LogP contribution in [0.4, 0.5) is 15.6 Å². The van der Waals surface area contributed by atoms with Gasteiger partial charge < -0.3 is 14.8 Å². The fourth-order valence-corrected chi connectivity index (χ4v) is 2.55. The predicted molar refractivity (Wildman–Crippen MR) is 77.7 cm³/mol. The van der Waals surface area contributed by atoms with Crippen molar-refractivity contribution in [2.75, 3.05) is 24.4 Å². The molecule has 1 aromatic carbocycles. The molecule has 2 amide bonds. The molecule has 21 heavy (non-hydrogen) atoms. The highest BCUT2D eigenvalue weighted by atomic mass is 32.1. The molecule has 1 aliphatic heterocycles. The SMILES string of the molecule is COC(=O)Nc1nc(-c2ccc3c(c2)NC(=O)CO3)cs1. The van der Waals surface area contributed by atoms with Crippen molar-refractivity contribution in [1.29, 1.82) is 0 Å². The lowest BCUT2D eigenvalue weighted by atomic mass is 10.1. The van der Waals surface area contributed by atoms with E-state index in [1.807, 2.05) is 6.07 Å². The lowest BCUT2D eigenvalue weighted by Crippen LogP contribution is -2.25. The molecule has 3 rings (SSSR count). The molecule has 0 bridgehead atoms. The van der Waals surface area contributed by atoms with E-state index in [1.165, 1.54) is 18.4 Å². The van der Waals surface area contributed by atoms with E-state index in [1.54, 1.807) is 17.5 Å². The van der Waals surface area contributed by atoms with Crippen LogP contribution < -0.4 is 15.4 Å². The van der Waals surface area contributed by atoms with Gasteiger partial charge in [0.15, 0.2) is 11.7 Å². The number of nitrogens with zero attached hydrogens (tertiary/aromatic N) is 1. The maximum atomic E-state index is 11.3. The number of thiazole rings is 1. The zero-order valence-electron chi connectivity index (χ0n) is 11.0. The molecule has 0 fully saturated rings. The third kappa shape index (κ3) is 2.79. The molecule has 8 heteroatoms. The Morgan fingerprint density at radius 3 is 3.19 bits per heavy atom. The summed E-state index contributed by atoms with van der Waals surface area (Å²) in [5.41, 5.74) is 2.11. The Labute approximate surface area is 123 Å². The summed E-state index contributed by atoms with van der Waals surface area (Å²) in [7, 11) is 1.29. The van der Waals surface area contributed by atoms with Gasteiger partial charge in [-0.05, 0) is 18.2 Å². The van der Waals surface area contributed by atoms with Crippen LogP contribution in [0.15, 0.2) is 23.6 Å². The third-order valence-corrected chi connectivity index (χ3v) is 3.56. The molecular weight excluding hydrogens is 294 g/mol. The van der Waals surface area contributed by atoms with Crippen LogP contribution >= 0.6 is 11.3 Å². The van der Waals surface area contributed by atoms with E-state index in [0.29, 0.717) is 22.3 Å². The monoisotopic (exact) mass is 305 g/mol. The molecular formula is C13H11N3O4S. The first-order valence-corrected chi connectivity index (χ1v) is 6.91. The van der Waals surface area contributed by atoms with E-state index < -0.39 is 6.09 Å². The number of benzene rings is 1. The van der Waals surface area contributed by atoms with Gasteiger partial charge in [0.1, 0.15) is 5.75 Å². The van der Waals surface area contributed by atoms with Crippen LogP contribution in [0.25, 0.3) is 11.3 Å². The molecule has 0 saturated heterocycles. The van der Waals surface area contributed by atoms with Crippen molar-refractivity contribution in [2.45, 2.75) is 0 Å². The van der Waals surface area contributed by atoms with Crippen LogP contribution in [0, 0.1) is 0 Å². The lowest BCUT2D eigenvalue weighted by Gasteiger charge is -2.18. The second-order valence-corrected chi connectivity index (χ2v) is 5.06. The Morgan fingerprint density at radius 2 is 2.38 bits per heavy atom. The van der Waals surface area contributed by atoms with Gasteiger partial charge in [0.25, 0.3) is 5.91 Å². The summed E-state index contributed by atoms with van der Waals surface area (Å²) in [4.78, 5) is 26.7. The minimum atomic E-state index is -0.568. The number of carbonyl (C=O) groups excluding carboxylic acids is 2. The van der Waals surface area contributed by atoms with Crippen molar-refractivity contribution < 1.29 is 19.1 Å². The number of aromatic nitrogens is 1. The van der Waals surface area contributed by atoms with Crippen LogP contribution in [0.3, 0.4) is 0 Å². The van der Waals surface area contributed by atoms with Crippen molar-refractivity contribution in [3.63, 3.8) is 0 Å². The Kier molecular flexibility index (Phi) is 3.44. The summed E-state index contributed by atoms with van der Waals surface area (Å²) in [5, 5.41) is 7.49. The van der Waals surface area contributed by atoms with Crippen molar-refractivity contribution in [1.82, 2.24) is 4.98 Å². The van der Waals surface area contributed by atoms with Gasteiger partial charge in [0.2, 0.25) is 0 Å². The summed E-state index contributed by atoms with van der Waals surface area (Å²) in [6.07, 6.45) is -0.568. The molecule has 0 aliphatic carbocycles. The second-order valence-electron chi connectivity index (χ2n) is 4.20. The highest BCUT2D eigenvalue weighted by Crippen LogP contribution is 2.33. The van der Waals surface area contributed by atoms with Crippen LogP contribution in [-0.4, -0.2) is 30.7 Å². The quantitative estimate of drug-likeness (QED) is 0.888. The van der Waals surface area contributed by atoms with Gasteiger partial charge in [-0.25, -0.2) is 9.78 Å². The maximum absolute atomic E-state index is 11.3. The van der Waals surface area contributed by atoms with Crippen LogP contribution in [0.5, 0.6) is 5.75 Å². The molecule has 0 atom stereocenters. The molecule has 0 radical (unpaired) electrons. The minimum absolute atomic E-state index is 0.0241. The Balaban J connectivity index is 1.85. The number of rotatable bonds is 2. The van der Waals surface area contributed by atoms with E-state index in [2.05, 4.69) is 20.4 Å². The Hall–Kier alpha value is -2.61. The van der Waals surface area contributed by atoms with Crippen molar-refractivity contribution in [3.8, 4) is 17.0 Å². The van der Waals surface area contributed by atoms with Gasteiger partial charge in [0.05, 0.1) is 18.5 Å². The smallest absolute Gasteiger partial charge is 0.413 e. The standard InChI is InChI=1S/C13H11N3O4S/c1-19-13(18)16-12-15-9(6-21-12)7-2-3-10-8(4-7)14-11(17)5-20-10/h2-4,6H,5H2,1H3,(H,14,17)(H,15,16,18). The molecule has 0 saturated carbocycles. The summed E-state index contributed by atoms with van der Waals surface area (Å²) < 4.78 is 9.80. The molecule has 0 spiro atoms. The molecule has 1 aliphatic rings. The van der Waals surface area contributed by atoms with Gasteiger partial charge in [-0.3, -0.25) is 10.1 Å². The zero-order chi connectivity index (χ0) is 14.8. The third-order valence-electron chi connectivity index (χ3n) is 2.81. The highest BCUT2D eigenvalue weighted by molar-refractivity contribution is 7.14.